The second-order valence-electron chi connectivity index (χ2n) is 5.57. The number of hydrogen-bond acceptors (Lipinski definition) is 2. The van der Waals surface area contributed by atoms with Crippen molar-refractivity contribution in [3.05, 3.63) is 69.7 Å². The van der Waals surface area contributed by atoms with Crippen LogP contribution in [0.3, 0.4) is 0 Å². The summed E-state index contributed by atoms with van der Waals surface area (Å²) in [6, 6.07) is 16.5. The third-order valence-corrected chi connectivity index (χ3v) is 4.47. The van der Waals surface area contributed by atoms with Crippen molar-refractivity contribution in [3.63, 3.8) is 0 Å². The summed E-state index contributed by atoms with van der Waals surface area (Å²) in [5.41, 5.74) is 3.70. The first kappa shape index (κ1) is 18.0. The van der Waals surface area contributed by atoms with E-state index >= 15 is 0 Å². The molecule has 3 nitrogen and oxygen atoms in total. The monoisotopic (exact) mass is 394 g/mol. The molecule has 1 aliphatic rings. The number of nitrogens with one attached hydrogen (secondary N) is 2. The van der Waals surface area contributed by atoms with E-state index in [1.807, 2.05) is 24.3 Å². The Balaban J connectivity index is 0.00000192. The Morgan fingerprint density at radius 2 is 2.04 bits per heavy atom. The van der Waals surface area contributed by atoms with Crippen LogP contribution in [-0.4, -0.2) is 19.0 Å². The van der Waals surface area contributed by atoms with Gasteiger partial charge in [0.1, 0.15) is 0 Å². The maximum Gasteiger partial charge on any atom is 0.224 e. The molecule has 1 atom stereocenters. The first-order valence-electron chi connectivity index (χ1n) is 7.55. The van der Waals surface area contributed by atoms with E-state index < -0.39 is 0 Å². The minimum atomic E-state index is 0. The smallest absolute Gasteiger partial charge is 0.224 e. The zero-order valence-electron chi connectivity index (χ0n) is 12.7. The van der Waals surface area contributed by atoms with Crippen LogP contribution in [0.4, 0.5) is 0 Å². The molecule has 3 rings (SSSR count). The predicted molar refractivity (Wildman–Crippen MR) is 99.0 cm³/mol. The molecule has 0 spiro atoms. The van der Waals surface area contributed by atoms with Crippen molar-refractivity contribution in [2.45, 2.75) is 18.9 Å². The first-order chi connectivity index (χ1) is 10.7. The van der Waals surface area contributed by atoms with Crippen molar-refractivity contribution in [1.29, 1.82) is 0 Å². The number of rotatable bonds is 4. The Morgan fingerprint density at radius 1 is 1.22 bits per heavy atom. The van der Waals surface area contributed by atoms with Gasteiger partial charge in [-0.1, -0.05) is 52.3 Å². The van der Waals surface area contributed by atoms with E-state index in [0.717, 1.165) is 23.0 Å². The van der Waals surface area contributed by atoms with Gasteiger partial charge in [-0.15, -0.1) is 12.4 Å². The largest absolute Gasteiger partial charge is 0.354 e. The van der Waals surface area contributed by atoms with Crippen molar-refractivity contribution >= 4 is 34.2 Å². The Morgan fingerprint density at radius 3 is 2.87 bits per heavy atom. The van der Waals surface area contributed by atoms with Gasteiger partial charge in [-0.2, -0.15) is 0 Å². The average molecular weight is 396 g/mol. The molecule has 23 heavy (non-hydrogen) atoms. The summed E-state index contributed by atoms with van der Waals surface area (Å²) >= 11 is 3.43. The second-order valence-corrected chi connectivity index (χ2v) is 6.48. The number of hydrogen-bond donors (Lipinski definition) is 2. The predicted octanol–water partition coefficient (Wildman–Crippen LogP) is 3.42. The molecule has 2 aromatic carbocycles. The van der Waals surface area contributed by atoms with E-state index in [-0.39, 0.29) is 24.4 Å². The quantitative estimate of drug-likeness (QED) is 0.833. The summed E-state index contributed by atoms with van der Waals surface area (Å²) in [7, 11) is 0. The van der Waals surface area contributed by atoms with Crippen LogP contribution in [0.1, 0.15) is 22.7 Å². The van der Waals surface area contributed by atoms with Gasteiger partial charge in [-0.25, -0.2) is 0 Å². The van der Waals surface area contributed by atoms with Crippen LogP contribution < -0.4 is 10.6 Å². The number of amides is 1. The van der Waals surface area contributed by atoms with Crippen molar-refractivity contribution < 1.29 is 4.79 Å². The number of halogens is 2. The molecule has 0 radical (unpaired) electrons. The highest BCUT2D eigenvalue weighted by Gasteiger charge is 2.19. The normalized spacial score (nSPS) is 16.1. The molecule has 0 fully saturated rings. The van der Waals surface area contributed by atoms with Crippen molar-refractivity contribution in [1.82, 2.24) is 10.6 Å². The van der Waals surface area contributed by atoms with E-state index in [0.29, 0.717) is 13.0 Å². The third-order valence-electron chi connectivity index (χ3n) is 3.97. The van der Waals surface area contributed by atoms with Gasteiger partial charge in [-0.05, 0) is 41.8 Å². The highest BCUT2D eigenvalue weighted by atomic mass is 79.9. The molecule has 0 bridgehead atoms. The average Bonchev–Trinajstić information content (AvgIpc) is 2.53. The molecule has 1 amide bonds. The van der Waals surface area contributed by atoms with Gasteiger partial charge in [-0.3, -0.25) is 4.79 Å². The van der Waals surface area contributed by atoms with Crippen LogP contribution in [0.25, 0.3) is 0 Å². The summed E-state index contributed by atoms with van der Waals surface area (Å²) < 4.78 is 1.00. The van der Waals surface area contributed by atoms with Gasteiger partial charge in [0.05, 0.1) is 6.42 Å². The maximum atomic E-state index is 12.1. The molecule has 1 unspecified atom stereocenters. The Labute approximate surface area is 151 Å². The summed E-state index contributed by atoms with van der Waals surface area (Å²) in [4.78, 5) is 12.1. The SMILES string of the molecule is Cl.O=C(Cc1cccc(Br)c1)NCC1NCCc2ccccc21. The molecule has 0 saturated carbocycles. The van der Waals surface area contributed by atoms with Crippen LogP contribution in [0.15, 0.2) is 53.0 Å². The minimum Gasteiger partial charge on any atom is -0.354 e. The Hall–Kier alpha value is -1.36. The zero-order chi connectivity index (χ0) is 15.4. The number of benzene rings is 2. The molecular formula is C18H20BrClN2O. The van der Waals surface area contributed by atoms with Crippen molar-refractivity contribution in [3.8, 4) is 0 Å². The van der Waals surface area contributed by atoms with Gasteiger partial charge >= 0.3 is 0 Å². The molecule has 122 valence electrons. The van der Waals surface area contributed by atoms with Gasteiger partial charge in [0, 0.05) is 17.1 Å². The molecule has 0 aromatic heterocycles. The van der Waals surface area contributed by atoms with Crippen molar-refractivity contribution in [2.24, 2.45) is 0 Å². The lowest BCUT2D eigenvalue weighted by atomic mass is 9.94. The van der Waals surface area contributed by atoms with Crippen LogP contribution in [-0.2, 0) is 17.6 Å². The molecule has 1 aliphatic heterocycles. The second kappa shape index (κ2) is 8.48. The fourth-order valence-corrected chi connectivity index (χ4v) is 3.33. The summed E-state index contributed by atoms with van der Waals surface area (Å²) in [5.74, 6) is 0.0583. The van der Waals surface area contributed by atoms with E-state index in [1.165, 1.54) is 11.1 Å². The lowest BCUT2D eigenvalue weighted by Gasteiger charge is -2.27. The topological polar surface area (TPSA) is 41.1 Å². The Bertz CT molecular complexity index is 678. The molecule has 2 N–H and O–H groups in total. The third kappa shape index (κ3) is 4.80. The fraction of sp³-hybridized carbons (Fsp3) is 0.278. The van der Waals surface area contributed by atoms with Gasteiger partial charge in [0.25, 0.3) is 0 Å². The molecular weight excluding hydrogens is 376 g/mol. The zero-order valence-corrected chi connectivity index (χ0v) is 15.1. The molecule has 1 heterocycles. The summed E-state index contributed by atoms with van der Waals surface area (Å²) in [5, 5.41) is 6.53. The van der Waals surface area contributed by atoms with Crippen LogP contribution >= 0.6 is 28.3 Å². The molecule has 0 saturated heterocycles. The van der Waals surface area contributed by atoms with Gasteiger partial charge < -0.3 is 10.6 Å². The van der Waals surface area contributed by atoms with E-state index in [4.69, 9.17) is 0 Å². The lowest BCUT2D eigenvalue weighted by Crippen LogP contribution is -2.39. The highest BCUT2D eigenvalue weighted by Crippen LogP contribution is 2.21. The van der Waals surface area contributed by atoms with Gasteiger partial charge in [0.15, 0.2) is 0 Å². The maximum absolute atomic E-state index is 12.1. The number of carbonyl (C=O) groups excluding carboxylic acids is 1. The fourth-order valence-electron chi connectivity index (χ4n) is 2.89. The number of fused-ring (bicyclic) bond motifs is 1. The summed E-state index contributed by atoms with van der Waals surface area (Å²) in [6.07, 6.45) is 1.46. The van der Waals surface area contributed by atoms with Crippen molar-refractivity contribution in [2.75, 3.05) is 13.1 Å². The van der Waals surface area contributed by atoms with E-state index in [1.54, 1.807) is 0 Å². The summed E-state index contributed by atoms with van der Waals surface area (Å²) in [6.45, 7) is 1.59. The van der Waals surface area contributed by atoms with Gasteiger partial charge in [0.2, 0.25) is 5.91 Å². The van der Waals surface area contributed by atoms with Crippen LogP contribution in [0, 0.1) is 0 Å². The molecule has 2 aromatic rings. The Kier molecular flexibility index (Phi) is 6.63. The first-order valence-corrected chi connectivity index (χ1v) is 8.34. The van der Waals surface area contributed by atoms with Crippen LogP contribution in [0.5, 0.6) is 0 Å². The molecule has 5 heteroatoms. The van der Waals surface area contributed by atoms with E-state index in [2.05, 4.69) is 50.8 Å². The van der Waals surface area contributed by atoms with E-state index in [9.17, 15) is 4.79 Å². The lowest BCUT2D eigenvalue weighted by molar-refractivity contribution is -0.120. The van der Waals surface area contributed by atoms with Crippen LogP contribution in [0.2, 0.25) is 0 Å². The standard InChI is InChI=1S/C18H19BrN2O.ClH/c19-15-6-3-4-13(10-15)11-18(22)21-12-17-16-7-2-1-5-14(16)8-9-20-17;/h1-7,10,17,20H,8-9,11-12H2,(H,21,22);1H. The molecule has 0 aliphatic carbocycles. The minimum absolute atomic E-state index is 0. The highest BCUT2D eigenvalue weighted by molar-refractivity contribution is 9.10. The number of carbonyl (C=O) groups is 1.